The fourth-order valence-corrected chi connectivity index (χ4v) is 3.10. The van der Waals surface area contributed by atoms with Crippen molar-refractivity contribution in [3.05, 3.63) is 11.4 Å². The Balaban J connectivity index is 2.03. The maximum Gasteiger partial charge on any atom is 0.502 e. The maximum atomic E-state index is 10.3. The number of hydrogen-bond acceptors (Lipinski definition) is 5. The van der Waals surface area contributed by atoms with Gasteiger partial charge < -0.3 is 19.7 Å². The average Bonchev–Trinajstić information content (AvgIpc) is 2.87. The second kappa shape index (κ2) is 6.28. The molecule has 6 heteroatoms. The summed E-state index contributed by atoms with van der Waals surface area (Å²) in [4.78, 5) is 2.36. The molecule has 4 nitrogen and oxygen atoms in total. The van der Waals surface area contributed by atoms with Crippen LogP contribution < -0.4 is 9.68 Å². The van der Waals surface area contributed by atoms with E-state index in [0.717, 1.165) is 17.9 Å². The fraction of sp³-hybridized carbons (Fsp3) is 0.733. The van der Waals surface area contributed by atoms with Gasteiger partial charge in [0.05, 0.1) is 11.2 Å². The van der Waals surface area contributed by atoms with E-state index in [1.54, 1.807) is 27.7 Å². The molecule has 0 aliphatic carbocycles. The molecule has 0 amide bonds. The lowest BCUT2D eigenvalue weighted by Crippen LogP contribution is -2.52. The summed E-state index contributed by atoms with van der Waals surface area (Å²) < 4.78 is 6.47. The summed E-state index contributed by atoms with van der Waals surface area (Å²) in [5.74, 6) is 0. The molecule has 2 rings (SSSR count). The van der Waals surface area contributed by atoms with Crippen LogP contribution in [0.15, 0.2) is 11.4 Å². The highest BCUT2D eigenvalue weighted by Crippen LogP contribution is 2.27. The van der Waals surface area contributed by atoms with Crippen molar-refractivity contribution >= 4 is 28.9 Å². The molecule has 1 fully saturated rings. The summed E-state index contributed by atoms with van der Waals surface area (Å²) in [6.07, 6.45) is 3.77. The number of rotatable bonds is 5. The quantitative estimate of drug-likeness (QED) is 0.817. The van der Waals surface area contributed by atoms with Crippen LogP contribution in [0.5, 0.6) is 0 Å². The van der Waals surface area contributed by atoms with Gasteiger partial charge in [-0.05, 0) is 53.0 Å². The molecule has 1 aromatic rings. The summed E-state index contributed by atoms with van der Waals surface area (Å²) >= 11 is 1.50. The highest BCUT2D eigenvalue weighted by Gasteiger charge is 2.40. The molecule has 0 saturated carbocycles. The van der Waals surface area contributed by atoms with E-state index in [2.05, 4.69) is 10.3 Å². The Morgan fingerprint density at radius 1 is 1.19 bits per heavy atom. The predicted molar refractivity (Wildman–Crippen MR) is 89.5 cm³/mol. The monoisotopic (exact) mass is 311 g/mol. The summed E-state index contributed by atoms with van der Waals surface area (Å²) in [6, 6.07) is 2.00. The van der Waals surface area contributed by atoms with Crippen molar-refractivity contribution in [2.24, 2.45) is 0 Å². The molecule has 118 valence electrons. The number of anilines is 1. The van der Waals surface area contributed by atoms with Crippen LogP contribution in [-0.4, -0.2) is 41.5 Å². The van der Waals surface area contributed by atoms with Gasteiger partial charge in [0.2, 0.25) is 0 Å². The van der Waals surface area contributed by atoms with Crippen molar-refractivity contribution in [2.75, 3.05) is 18.0 Å². The summed E-state index contributed by atoms with van der Waals surface area (Å²) in [5, 5.41) is 22.5. The van der Waals surface area contributed by atoms with E-state index < -0.39 is 18.3 Å². The molecule has 1 aliphatic heterocycles. The Morgan fingerprint density at radius 3 is 2.38 bits per heavy atom. The number of hydrogen-bond donors (Lipinski definition) is 2. The van der Waals surface area contributed by atoms with E-state index in [0.29, 0.717) is 0 Å². The SMILES string of the molecule is CC(C)(O)C(C)(C)OB(O)c1cc(N2CCCCC2)cs1. The molecular weight excluding hydrogens is 285 g/mol. The molecule has 1 aliphatic rings. The summed E-state index contributed by atoms with van der Waals surface area (Å²) in [6.45, 7) is 9.12. The van der Waals surface area contributed by atoms with Crippen LogP contribution in [0.2, 0.25) is 0 Å². The van der Waals surface area contributed by atoms with E-state index in [1.165, 1.54) is 36.3 Å². The topological polar surface area (TPSA) is 52.9 Å². The molecule has 0 unspecified atom stereocenters. The van der Waals surface area contributed by atoms with Crippen molar-refractivity contribution in [3.8, 4) is 0 Å². The van der Waals surface area contributed by atoms with Crippen molar-refractivity contribution in [1.82, 2.24) is 0 Å². The van der Waals surface area contributed by atoms with E-state index in [4.69, 9.17) is 4.65 Å². The lowest BCUT2D eigenvalue weighted by molar-refractivity contribution is -0.0981. The zero-order valence-corrected chi connectivity index (χ0v) is 14.2. The van der Waals surface area contributed by atoms with Gasteiger partial charge in [0, 0.05) is 28.9 Å². The standard InChI is InChI=1S/C15H26BNO3S/c1-14(2,18)15(3,4)20-16(19)13-10-12(11-21-13)17-8-6-5-7-9-17/h10-11,18-19H,5-9H2,1-4H3. The normalized spacial score (nSPS) is 17.1. The average molecular weight is 311 g/mol. The van der Waals surface area contributed by atoms with Gasteiger partial charge in [0.15, 0.2) is 0 Å². The lowest BCUT2D eigenvalue weighted by atomic mass is 9.82. The number of piperidine rings is 1. The molecule has 1 saturated heterocycles. The predicted octanol–water partition coefficient (Wildman–Crippen LogP) is 1.99. The van der Waals surface area contributed by atoms with Gasteiger partial charge in [-0.3, -0.25) is 0 Å². The van der Waals surface area contributed by atoms with Crippen molar-refractivity contribution in [3.63, 3.8) is 0 Å². The Kier molecular flexibility index (Phi) is 5.03. The first-order valence-electron chi connectivity index (χ1n) is 7.62. The largest absolute Gasteiger partial charge is 0.502 e. The molecule has 2 heterocycles. The maximum absolute atomic E-state index is 10.3. The van der Waals surface area contributed by atoms with Crippen LogP contribution in [0.1, 0.15) is 47.0 Å². The lowest BCUT2D eigenvalue weighted by Gasteiger charge is -2.38. The Hall–Kier alpha value is -0.555. The zero-order valence-electron chi connectivity index (χ0n) is 13.4. The van der Waals surface area contributed by atoms with Crippen LogP contribution >= 0.6 is 11.3 Å². The third-order valence-corrected chi connectivity index (χ3v) is 5.40. The highest BCUT2D eigenvalue weighted by atomic mass is 32.1. The van der Waals surface area contributed by atoms with Crippen LogP contribution in [0, 0.1) is 0 Å². The molecule has 2 N–H and O–H groups in total. The highest BCUT2D eigenvalue weighted by molar-refractivity contribution is 7.21. The van der Waals surface area contributed by atoms with E-state index in [1.807, 2.05) is 6.07 Å². The number of nitrogens with zero attached hydrogens (tertiary/aromatic N) is 1. The second-order valence-corrected chi connectivity index (χ2v) is 7.74. The van der Waals surface area contributed by atoms with E-state index in [-0.39, 0.29) is 0 Å². The first-order chi connectivity index (χ1) is 9.71. The molecule has 0 aromatic carbocycles. The third kappa shape index (κ3) is 4.00. The van der Waals surface area contributed by atoms with E-state index in [9.17, 15) is 10.1 Å². The van der Waals surface area contributed by atoms with Gasteiger partial charge in [-0.15, -0.1) is 0 Å². The Bertz CT molecular complexity index is 464. The van der Waals surface area contributed by atoms with Gasteiger partial charge in [-0.1, -0.05) is 0 Å². The van der Waals surface area contributed by atoms with Gasteiger partial charge in [0.1, 0.15) is 0 Å². The zero-order chi connectivity index (χ0) is 15.7. The number of aliphatic hydroxyl groups is 1. The second-order valence-electron chi connectivity index (χ2n) is 6.79. The molecule has 21 heavy (non-hydrogen) atoms. The molecule has 0 bridgehead atoms. The van der Waals surface area contributed by atoms with Crippen molar-refractivity contribution in [2.45, 2.75) is 58.2 Å². The molecule has 0 atom stereocenters. The first-order valence-corrected chi connectivity index (χ1v) is 8.50. The smallest absolute Gasteiger partial charge is 0.423 e. The fourth-order valence-electron chi connectivity index (χ4n) is 2.27. The number of thiophene rings is 1. The van der Waals surface area contributed by atoms with Crippen molar-refractivity contribution in [1.29, 1.82) is 0 Å². The molecule has 1 aromatic heterocycles. The minimum Gasteiger partial charge on any atom is -0.423 e. The van der Waals surface area contributed by atoms with E-state index >= 15 is 0 Å². The van der Waals surface area contributed by atoms with Crippen molar-refractivity contribution < 1.29 is 14.8 Å². The minimum absolute atomic E-state index is 0.785. The summed E-state index contributed by atoms with van der Waals surface area (Å²) in [7, 11) is -1.00. The van der Waals surface area contributed by atoms with Crippen LogP contribution in [0.25, 0.3) is 0 Å². The molecule has 0 radical (unpaired) electrons. The third-order valence-electron chi connectivity index (χ3n) is 4.45. The van der Waals surface area contributed by atoms with Crippen LogP contribution in [0.4, 0.5) is 5.69 Å². The van der Waals surface area contributed by atoms with Gasteiger partial charge >= 0.3 is 7.12 Å². The Labute approximate surface area is 131 Å². The molecular formula is C15H26BNO3S. The van der Waals surface area contributed by atoms with Crippen LogP contribution in [-0.2, 0) is 4.65 Å². The summed E-state index contributed by atoms with van der Waals surface area (Å²) in [5.41, 5.74) is -0.693. The van der Waals surface area contributed by atoms with Crippen LogP contribution in [0.3, 0.4) is 0 Å². The molecule has 0 spiro atoms. The van der Waals surface area contributed by atoms with Gasteiger partial charge in [0.25, 0.3) is 0 Å². The minimum atomic E-state index is -1.03. The van der Waals surface area contributed by atoms with Gasteiger partial charge in [-0.25, -0.2) is 0 Å². The Morgan fingerprint density at radius 2 is 1.81 bits per heavy atom. The van der Waals surface area contributed by atoms with Gasteiger partial charge in [-0.2, -0.15) is 11.3 Å². The first kappa shape index (κ1) is 16.8.